The molecule has 0 heterocycles. The molecule has 0 radical (unpaired) electrons. The fraction of sp³-hybridized carbons (Fsp3) is 1.00. The van der Waals surface area contributed by atoms with Crippen LogP contribution in [-0.2, 0) is 9.15 Å². The van der Waals surface area contributed by atoms with E-state index >= 15 is 0 Å². The molecule has 0 amide bonds. The van der Waals surface area contributed by atoms with Gasteiger partial charge in [-0.15, -0.1) is 0 Å². The van der Waals surface area contributed by atoms with Crippen LogP contribution in [0, 0.1) is 0 Å². The third kappa shape index (κ3) is 11.1. The molecule has 0 bridgehead atoms. The van der Waals surface area contributed by atoms with Crippen molar-refractivity contribution < 1.29 is 13.0 Å². The molecule has 0 rings (SSSR count). The molecule has 7 heavy (non-hydrogen) atoms. The molecule has 0 aromatic heterocycles. The monoisotopic (exact) mass is 152 g/mol. The van der Waals surface area contributed by atoms with Crippen molar-refractivity contribution in [2.45, 2.75) is 0 Å². The van der Waals surface area contributed by atoms with Gasteiger partial charge >= 0.3 is 38.7 Å². The molecule has 0 aromatic carbocycles. The van der Waals surface area contributed by atoms with Crippen molar-refractivity contribution in [1.82, 2.24) is 0 Å². The normalized spacial score (nSPS) is 10.0. The molecule has 1 N–H and O–H groups in total. The van der Waals surface area contributed by atoms with Gasteiger partial charge in [0.05, 0.1) is 0 Å². The number of hydrogen-bond acceptors (Lipinski definition) is 3. The first-order valence-electron chi connectivity index (χ1n) is 1.09. The van der Waals surface area contributed by atoms with Crippen molar-refractivity contribution in [3.63, 3.8) is 0 Å². The molecule has 3 nitrogen and oxygen atoms in total. The second kappa shape index (κ2) is 4.17. The first kappa shape index (κ1) is 11.1. The Morgan fingerprint density at radius 3 is 1.71 bits per heavy atom. The summed E-state index contributed by atoms with van der Waals surface area (Å²) in [6, 6.07) is 0. The SMILES string of the molecule is CSS(=O)(=O)O.[NaH]. The summed E-state index contributed by atoms with van der Waals surface area (Å²) in [4.78, 5) is 0. The third-order valence-corrected chi connectivity index (χ3v) is 1.90. The Bertz CT molecular complexity index is 115. The molecule has 6 heteroatoms. The van der Waals surface area contributed by atoms with Gasteiger partial charge in [0.1, 0.15) is 0 Å². The van der Waals surface area contributed by atoms with Crippen LogP contribution in [0.4, 0.5) is 0 Å². The van der Waals surface area contributed by atoms with Gasteiger partial charge in [-0.2, -0.15) is 8.42 Å². The van der Waals surface area contributed by atoms with Crippen LogP contribution in [-0.4, -0.2) is 48.8 Å². The molecule has 0 spiro atoms. The van der Waals surface area contributed by atoms with E-state index in [0.29, 0.717) is 10.8 Å². The van der Waals surface area contributed by atoms with E-state index in [1.807, 2.05) is 0 Å². The fourth-order valence-corrected chi connectivity index (χ4v) is 0. The van der Waals surface area contributed by atoms with E-state index in [0.717, 1.165) is 0 Å². The van der Waals surface area contributed by atoms with Crippen LogP contribution in [0.15, 0.2) is 0 Å². The van der Waals surface area contributed by atoms with E-state index in [2.05, 4.69) is 0 Å². The van der Waals surface area contributed by atoms with Crippen molar-refractivity contribution in [2.75, 3.05) is 6.26 Å². The summed E-state index contributed by atoms with van der Waals surface area (Å²) in [6.45, 7) is 0. The molecular weight excluding hydrogens is 147 g/mol. The van der Waals surface area contributed by atoms with Crippen LogP contribution in [0.3, 0.4) is 0 Å². The second-order valence-corrected chi connectivity index (χ2v) is 4.05. The van der Waals surface area contributed by atoms with Crippen molar-refractivity contribution in [3.05, 3.63) is 0 Å². The van der Waals surface area contributed by atoms with Crippen molar-refractivity contribution in [1.29, 1.82) is 0 Å². The Labute approximate surface area is 68.3 Å². The maximum absolute atomic E-state index is 9.52. The Hall–Kier alpha value is 1.26. The summed E-state index contributed by atoms with van der Waals surface area (Å²) in [5, 5.41) is 0. The van der Waals surface area contributed by atoms with E-state index < -0.39 is 9.15 Å². The third-order valence-electron chi connectivity index (χ3n) is 0.211. The van der Waals surface area contributed by atoms with Crippen LogP contribution in [0.1, 0.15) is 0 Å². The van der Waals surface area contributed by atoms with Gasteiger partial charge in [-0.05, 0) is 17.0 Å². The van der Waals surface area contributed by atoms with Crippen molar-refractivity contribution in [2.24, 2.45) is 0 Å². The molecule has 0 saturated carbocycles. The van der Waals surface area contributed by atoms with Gasteiger partial charge in [0.15, 0.2) is 0 Å². The first-order valence-corrected chi connectivity index (χ1v) is 4.27. The minimum absolute atomic E-state index is 0. The fourth-order valence-electron chi connectivity index (χ4n) is 0. The second-order valence-electron chi connectivity index (χ2n) is 0.594. The molecule has 0 aliphatic carbocycles. The van der Waals surface area contributed by atoms with E-state index in [1.165, 1.54) is 6.26 Å². The summed E-state index contributed by atoms with van der Waals surface area (Å²) in [6.07, 6.45) is 1.29. The van der Waals surface area contributed by atoms with Gasteiger partial charge in [-0.1, -0.05) is 0 Å². The molecule has 0 aliphatic heterocycles. The number of hydrogen-bond donors (Lipinski definition) is 1. The Morgan fingerprint density at radius 2 is 1.71 bits per heavy atom. The van der Waals surface area contributed by atoms with Crippen molar-refractivity contribution >= 4 is 49.5 Å². The molecular formula is CH5NaO3S2. The van der Waals surface area contributed by atoms with Gasteiger partial charge < -0.3 is 0 Å². The zero-order chi connectivity index (χ0) is 5.21. The summed E-state index contributed by atoms with van der Waals surface area (Å²) >= 11 is 0. The van der Waals surface area contributed by atoms with E-state index in [-0.39, 0.29) is 29.6 Å². The molecule has 0 aliphatic rings. The number of rotatable bonds is 1. The average molecular weight is 152 g/mol. The first-order chi connectivity index (χ1) is 2.56. The Balaban J connectivity index is 0. The van der Waals surface area contributed by atoms with Crippen LogP contribution in [0.2, 0.25) is 0 Å². The van der Waals surface area contributed by atoms with Gasteiger partial charge in [0.2, 0.25) is 0 Å². The predicted molar refractivity (Wildman–Crippen MR) is 32.2 cm³/mol. The standard InChI is InChI=1S/CH4O3S2.Na.H/c1-5-6(2,3)4;;/h1H3,(H,2,3,4);;. The predicted octanol–water partition coefficient (Wildman–Crippen LogP) is -0.496. The van der Waals surface area contributed by atoms with Crippen LogP contribution in [0.25, 0.3) is 0 Å². The maximum atomic E-state index is 9.52. The Morgan fingerprint density at radius 1 is 1.57 bits per heavy atom. The van der Waals surface area contributed by atoms with Crippen LogP contribution in [0.5, 0.6) is 0 Å². The summed E-state index contributed by atoms with van der Waals surface area (Å²) in [5.41, 5.74) is 0. The average Bonchev–Trinajstić information content (AvgIpc) is 1.35. The van der Waals surface area contributed by atoms with E-state index in [1.54, 1.807) is 0 Å². The van der Waals surface area contributed by atoms with Crippen LogP contribution < -0.4 is 0 Å². The van der Waals surface area contributed by atoms with E-state index in [9.17, 15) is 8.42 Å². The van der Waals surface area contributed by atoms with Gasteiger partial charge in [0.25, 0.3) is 0 Å². The van der Waals surface area contributed by atoms with Gasteiger partial charge in [0, 0.05) is 0 Å². The molecule has 0 aromatic rings. The quantitative estimate of drug-likeness (QED) is 0.313. The topological polar surface area (TPSA) is 54.4 Å². The minimum atomic E-state index is -3.75. The molecule has 40 valence electrons. The summed E-state index contributed by atoms with van der Waals surface area (Å²) in [5.74, 6) is 0. The zero-order valence-corrected chi connectivity index (χ0v) is 4.71. The van der Waals surface area contributed by atoms with Gasteiger partial charge in [-0.25, -0.2) is 0 Å². The zero-order valence-electron chi connectivity index (χ0n) is 3.08. The molecule has 0 fully saturated rings. The van der Waals surface area contributed by atoms with Crippen molar-refractivity contribution in [3.8, 4) is 0 Å². The van der Waals surface area contributed by atoms with Gasteiger partial charge in [-0.3, -0.25) is 4.55 Å². The summed E-state index contributed by atoms with van der Waals surface area (Å²) < 4.78 is 26.8. The van der Waals surface area contributed by atoms with Crippen LogP contribution >= 0.6 is 10.8 Å². The Kier molecular flexibility index (Phi) is 6.62. The van der Waals surface area contributed by atoms with E-state index in [4.69, 9.17) is 4.55 Å². The summed E-state index contributed by atoms with van der Waals surface area (Å²) in [7, 11) is -3.34. The molecule has 0 atom stereocenters. The molecule has 0 saturated heterocycles. The molecule has 0 unspecified atom stereocenters.